The van der Waals surface area contributed by atoms with E-state index >= 15 is 0 Å². The van der Waals surface area contributed by atoms with Gasteiger partial charge in [0.15, 0.2) is 0 Å². The van der Waals surface area contributed by atoms with E-state index in [1.165, 1.54) is 7.11 Å². The topological polar surface area (TPSA) is 123 Å². The molecule has 0 spiro atoms. The van der Waals surface area contributed by atoms with Gasteiger partial charge < -0.3 is 30.0 Å². The zero-order valence-electron chi connectivity index (χ0n) is 31.0. The Balaban J connectivity index is 1.40. The van der Waals surface area contributed by atoms with E-state index in [4.69, 9.17) is 14.2 Å². The number of ether oxygens (including phenoxy) is 3. The van der Waals surface area contributed by atoms with Gasteiger partial charge in [0.05, 0.1) is 37.1 Å². The molecule has 0 saturated carbocycles. The number of benzene rings is 4. The molecule has 4 aromatic carbocycles. The maximum Gasteiger partial charge on any atom is 0.310 e. The Morgan fingerprint density at radius 1 is 0.722 bits per heavy atom. The average Bonchev–Trinajstić information content (AvgIpc) is 3.20. The van der Waals surface area contributed by atoms with E-state index in [9.17, 15) is 19.5 Å². The van der Waals surface area contributed by atoms with Gasteiger partial charge in [-0.15, -0.1) is 13.2 Å². The number of hydrogen-bond donors (Lipinski definition) is 3. The molecule has 0 heterocycles. The molecule has 0 aliphatic carbocycles. The summed E-state index contributed by atoms with van der Waals surface area (Å²) in [6, 6.07) is 35.0. The fourth-order valence-corrected chi connectivity index (χ4v) is 6.20. The van der Waals surface area contributed by atoms with Crippen molar-refractivity contribution in [2.45, 2.75) is 56.9 Å². The number of carbonyl (C=O) groups excluding carboxylic acids is 3. The zero-order valence-corrected chi connectivity index (χ0v) is 31.0. The summed E-state index contributed by atoms with van der Waals surface area (Å²) in [5.41, 5.74) is 3.65. The minimum absolute atomic E-state index is 0.0407. The highest BCUT2D eigenvalue weighted by Gasteiger charge is 2.33. The molecule has 0 bridgehead atoms. The first-order valence-corrected chi connectivity index (χ1v) is 18.3. The number of aliphatic hydroxyl groups excluding tert-OH is 1. The summed E-state index contributed by atoms with van der Waals surface area (Å²) in [5, 5.41) is 16.0. The molecular formula is C45H52N2O7. The van der Waals surface area contributed by atoms with Crippen molar-refractivity contribution in [3.05, 3.63) is 163 Å². The number of hydrogen-bond acceptors (Lipinski definition) is 7. The van der Waals surface area contributed by atoms with Crippen molar-refractivity contribution in [2.75, 3.05) is 20.3 Å². The van der Waals surface area contributed by atoms with Crippen LogP contribution < -0.4 is 15.4 Å². The van der Waals surface area contributed by atoms with Crippen LogP contribution in [0.1, 0.15) is 47.6 Å². The van der Waals surface area contributed by atoms with E-state index in [0.29, 0.717) is 37.2 Å². The average molecular weight is 733 g/mol. The van der Waals surface area contributed by atoms with Crippen LogP contribution in [0, 0.1) is 11.8 Å². The summed E-state index contributed by atoms with van der Waals surface area (Å²) in [5.74, 6) is -1.78. The molecule has 4 aromatic rings. The first kappa shape index (κ1) is 41.2. The Hall–Kier alpha value is -5.51. The first-order chi connectivity index (χ1) is 26.3. The molecule has 9 nitrogen and oxygen atoms in total. The second kappa shape index (κ2) is 22.5. The van der Waals surface area contributed by atoms with Crippen LogP contribution >= 0.6 is 0 Å². The van der Waals surface area contributed by atoms with E-state index in [-0.39, 0.29) is 32.0 Å². The van der Waals surface area contributed by atoms with Crippen molar-refractivity contribution < 1.29 is 33.7 Å². The Kier molecular flexibility index (Phi) is 17.2. The summed E-state index contributed by atoms with van der Waals surface area (Å²) >= 11 is 0. The molecule has 0 radical (unpaired) electrons. The van der Waals surface area contributed by atoms with E-state index in [1.54, 1.807) is 12.2 Å². The fourth-order valence-electron chi connectivity index (χ4n) is 6.20. The summed E-state index contributed by atoms with van der Waals surface area (Å²) in [6.07, 6.45) is 3.76. The second-order valence-corrected chi connectivity index (χ2v) is 13.2. The summed E-state index contributed by atoms with van der Waals surface area (Å²) < 4.78 is 17.6. The van der Waals surface area contributed by atoms with Crippen molar-refractivity contribution in [2.24, 2.45) is 11.8 Å². The minimum Gasteiger partial charge on any atom is -0.489 e. The highest BCUT2D eigenvalue weighted by atomic mass is 16.5. The van der Waals surface area contributed by atoms with Crippen LogP contribution in [0.3, 0.4) is 0 Å². The number of allylic oxidation sites excluding steroid dienone is 2. The lowest BCUT2D eigenvalue weighted by molar-refractivity contribution is -0.158. The first-order valence-electron chi connectivity index (χ1n) is 18.3. The van der Waals surface area contributed by atoms with Crippen molar-refractivity contribution in [3.8, 4) is 5.75 Å². The van der Waals surface area contributed by atoms with Gasteiger partial charge in [0.1, 0.15) is 18.5 Å². The number of esters is 1. The summed E-state index contributed by atoms with van der Waals surface area (Å²) in [7, 11) is 1.51. The zero-order chi connectivity index (χ0) is 38.5. The van der Waals surface area contributed by atoms with Gasteiger partial charge in [0, 0.05) is 13.5 Å². The number of methoxy groups -OCH3 is 1. The van der Waals surface area contributed by atoms with Crippen LogP contribution in [0.5, 0.6) is 5.75 Å². The van der Waals surface area contributed by atoms with Gasteiger partial charge in [0.25, 0.3) is 0 Å². The van der Waals surface area contributed by atoms with Crippen LogP contribution in [0.2, 0.25) is 0 Å². The maximum absolute atomic E-state index is 13.9. The van der Waals surface area contributed by atoms with Crippen LogP contribution in [-0.4, -0.2) is 55.3 Å². The predicted octanol–water partition coefficient (Wildman–Crippen LogP) is 6.72. The molecule has 54 heavy (non-hydrogen) atoms. The Morgan fingerprint density at radius 2 is 1.30 bits per heavy atom. The molecule has 5 atom stereocenters. The van der Waals surface area contributed by atoms with E-state index < -0.39 is 41.9 Å². The van der Waals surface area contributed by atoms with Gasteiger partial charge in [-0.2, -0.15) is 0 Å². The molecule has 4 rings (SSSR count). The number of nitrogens with one attached hydrogen (secondary N) is 2. The van der Waals surface area contributed by atoms with Crippen LogP contribution in [0.15, 0.2) is 141 Å². The smallest absolute Gasteiger partial charge is 0.310 e. The van der Waals surface area contributed by atoms with Crippen LogP contribution in [-0.2, 0) is 43.3 Å². The number of amides is 2. The van der Waals surface area contributed by atoms with E-state index in [2.05, 4.69) is 23.8 Å². The summed E-state index contributed by atoms with van der Waals surface area (Å²) in [4.78, 5) is 40.9. The largest absolute Gasteiger partial charge is 0.489 e. The molecule has 0 saturated heterocycles. The van der Waals surface area contributed by atoms with E-state index in [0.717, 1.165) is 16.7 Å². The van der Waals surface area contributed by atoms with Crippen molar-refractivity contribution in [1.82, 2.24) is 10.6 Å². The lowest BCUT2D eigenvalue weighted by Gasteiger charge is -2.30. The predicted molar refractivity (Wildman–Crippen MR) is 210 cm³/mol. The number of rotatable bonds is 23. The normalized spacial score (nSPS) is 13.7. The Labute approximate surface area is 319 Å². The standard InChI is InChI=1S/C45H52N2O7/c1-4-15-37(29-42(49)46-39(30-48)28-34-23-25-40(26-24-34)53-31-35-19-11-7-12-20-35)44(50)47-41(32-52-3)43(36-21-13-8-14-22-36)54-45(51)38(16-5-2)27-33-17-9-6-10-18-33/h4-14,17-26,37-39,41,43,48H,1-2,15-16,27-32H2,3H3,(H,46,49)(H,47,50). The van der Waals surface area contributed by atoms with Crippen LogP contribution in [0.25, 0.3) is 0 Å². The van der Waals surface area contributed by atoms with Gasteiger partial charge >= 0.3 is 5.97 Å². The fraction of sp³-hybridized carbons (Fsp3) is 0.311. The molecule has 3 N–H and O–H groups in total. The second-order valence-electron chi connectivity index (χ2n) is 13.2. The monoisotopic (exact) mass is 732 g/mol. The van der Waals surface area contributed by atoms with Gasteiger partial charge in [-0.05, 0) is 60.1 Å². The third-order valence-electron chi connectivity index (χ3n) is 9.01. The molecular weight excluding hydrogens is 681 g/mol. The van der Waals surface area contributed by atoms with Crippen LogP contribution in [0.4, 0.5) is 0 Å². The van der Waals surface area contributed by atoms with Gasteiger partial charge in [-0.1, -0.05) is 115 Å². The minimum atomic E-state index is -0.877. The van der Waals surface area contributed by atoms with Gasteiger partial charge in [0.2, 0.25) is 11.8 Å². The molecule has 2 amide bonds. The van der Waals surface area contributed by atoms with Gasteiger partial charge in [-0.3, -0.25) is 14.4 Å². The lowest BCUT2D eigenvalue weighted by atomic mass is 9.95. The third-order valence-corrected chi connectivity index (χ3v) is 9.01. The maximum atomic E-state index is 13.9. The highest BCUT2D eigenvalue weighted by molar-refractivity contribution is 5.86. The van der Waals surface area contributed by atoms with Crippen molar-refractivity contribution in [1.29, 1.82) is 0 Å². The Bertz CT molecular complexity index is 1730. The van der Waals surface area contributed by atoms with Crippen molar-refractivity contribution in [3.63, 3.8) is 0 Å². The quantitative estimate of drug-likeness (QED) is 0.0572. The van der Waals surface area contributed by atoms with E-state index in [1.807, 2.05) is 115 Å². The molecule has 0 aliphatic rings. The SMILES string of the molecule is C=CCC(CC(=O)NC(CO)Cc1ccc(OCc2ccccc2)cc1)C(=O)NC(COC)C(OC(=O)C(CC=C)Cc1ccccc1)c1ccccc1. The number of carbonyl (C=O) groups is 3. The Morgan fingerprint density at radius 3 is 1.89 bits per heavy atom. The lowest BCUT2D eigenvalue weighted by Crippen LogP contribution is -2.47. The molecule has 0 aliphatic heterocycles. The molecule has 284 valence electrons. The molecule has 0 aromatic heterocycles. The molecule has 0 fully saturated rings. The molecule has 9 heteroatoms. The summed E-state index contributed by atoms with van der Waals surface area (Å²) in [6.45, 7) is 7.85. The van der Waals surface area contributed by atoms with Gasteiger partial charge in [-0.25, -0.2) is 0 Å². The number of aliphatic hydroxyl groups is 1. The van der Waals surface area contributed by atoms with Crippen molar-refractivity contribution >= 4 is 17.8 Å². The third kappa shape index (κ3) is 13.5. The highest BCUT2D eigenvalue weighted by Crippen LogP contribution is 2.26. The molecule has 5 unspecified atom stereocenters.